The largest absolute Gasteiger partial charge is 0.465 e. The summed E-state index contributed by atoms with van der Waals surface area (Å²) in [7, 11) is -4.40. The number of halogens is 1. The second-order valence-electron chi connectivity index (χ2n) is 10.6. The van der Waals surface area contributed by atoms with Gasteiger partial charge in [0.25, 0.3) is 0 Å². The molecule has 6 atom stereocenters. The highest BCUT2D eigenvalue weighted by atomic mass is 35.5. The Kier molecular flexibility index (Phi) is 10.9. The number of aliphatic hydroxyl groups is 2. The predicted molar refractivity (Wildman–Crippen MR) is 164 cm³/mol. The normalized spacial score (nSPS) is 25.2. The van der Waals surface area contributed by atoms with E-state index in [9.17, 15) is 24.8 Å². The third-order valence-electron chi connectivity index (χ3n) is 7.28. The summed E-state index contributed by atoms with van der Waals surface area (Å²) in [5.41, 5.74) is 1.98. The monoisotopic (exact) mass is 662 g/mol. The maximum atomic E-state index is 14.0. The highest BCUT2D eigenvalue weighted by Crippen LogP contribution is 2.50. The SMILES string of the molecule is CC/C=C/CCCOC(=O)[C@H](C)NP(=O)(OC[C@H]1O[C@@](C#N)(c2ccc3c(N)ncnn23)[C@](C)(O)[C@@H]1O)Oc1ccc(Cl)cc1. The number of fused-ring (bicyclic) bond motifs is 1. The average molecular weight is 663 g/mol. The molecule has 5 N–H and O–H groups in total. The Hall–Kier alpha value is -3.54. The smallest absolute Gasteiger partial charge is 0.459 e. The molecular weight excluding hydrogens is 627 g/mol. The van der Waals surface area contributed by atoms with Crippen molar-refractivity contribution in [1.82, 2.24) is 19.7 Å². The lowest BCUT2D eigenvalue weighted by molar-refractivity contribution is -0.145. The number of benzene rings is 1. The zero-order valence-corrected chi connectivity index (χ0v) is 26.6. The minimum absolute atomic E-state index is 0.0703. The molecule has 0 amide bonds. The fourth-order valence-corrected chi connectivity index (χ4v) is 6.44. The van der Waals surface area contributed by atoms with Crippen molar-refractivity contribution in [3.8, 4) is 11.8 Å². The van der Waals surface area contributed by atoms with Crippen LogP contribution in [-0.2, 0) is 29.0 Å². The van der Waals surface area contributed by atoms with Crippen LogP contribution in [0.4, 0.5) is 5.82 Å². The number of anilines is 1. The van der Waals surface area contributed by atoms with Crippen LogP contribution in [0, 0.1) is 11.3 Å². The number of carbonyl (C=O) groups excluding carboxylic acids is 1. The van der Waals surface area contributed by atoms with E-state index in [4.69, 9.17) is 35.9 Å². The molecule has 0 saturated carbocycles. The molecule has 1 aromatic carbocycles. The van der Waals surface area contributed by atoms with Gasteiger partial charge >= 0.3 is 13.7 Å². The van der Waals surface area contributed by atoms with Gasteiger partial charge < -0.3 is 29.9 Å². The van der Waals surface area contributed by atoms with E-state index in [1.165, 1.54) is 55.0 Å². The fourth-order valence-electron chi connectivity index (χ4n) is 4.81. The third-order valence-corrected chi connectivity index (χ3v) is 9.18. The number of nitrogens with one attached hydrogen (secondary N) is 1. The second kappa shape index (κ2) is 14.3. The summed E-state index contributed by atoms with van der Waals surface area (Å²) >= 11 is 5.97. The quantitative estimate of drug-likeness (QED) is 0.0843. The topological polar surface area (TPSA) is 204 Å². The summed E-state index contributed by atoms with van der Waals surface area (Å²) in [5.74, 6) is -0.473. The van der Waals surface area contributed by atoms with E-state index < -0.39 is 49.8 Å². The van der Waals surface area contributed by atoms with Crippen LogP contribution in [0.25, 0.3) is 5.52 Å². The first-order valence-electron chi connectivity index (χ1n) is 14.2. The number of unbranched alkanes of at least 4 members (excludes halogenated alkanes) is 1. The van der Waals surface area contributed by atoms with Crippen LogP contribution < -0.4 is 15.3 Å². The lowest BCUT2D eigenvalue weighted by atomic mass is 9.80. The zero-order valence-electron chi connectivity index (χ0n) is 25.0. The molecule has 1 aliphatic rings. The maximum Gasteiger partial charge on any atom is 0.459 e. The standard InChI is InChI=1S/C29H36ClN6O8P/c1-4-5-6-7-8-15-41-27(38)19(2)35-45(40,44-21-11-9-20(30)10-12-21)42-16-23-25(37)28(3,39)29(17-31,43-23)24-14-13-22-26(32)33-18-34-36(22)24/h5-6,9-14,18-19,23,25,37,39H,4,7-8,15-16H2,1-3H3,(H,35,40)(H2,32,33,34)/b6-5+/t19-,23+,25+,28+,29-,45?/m0/s1. The van der Waals surface area contributed by atoms with Crippen LogP contribution in [-0.4, -0.2) is 67.8 Å². The summed E-state index contributed by atoms with van der Waals surface area (Å²) < 4.78 is 37.9. The third kappa shape index (κ3) is 7.31. The van der Waals surface area contributed by atoms with Crippen molar-refractivity contribution in [2.45, 2.75) is 69.5 Å². The molecule has 1 saturated heterocycles. The molecular formula is C29H36ClN6O8P. The van der Waals surface area contributed by atoms with E-state index in [1.807, 2.05) is 25.1 Å². The summed E-state index contributed by atoms with van der Waals surface area (Å²) in [6.45, 7) is 4.20. The van der Waals surface area contributed by atoms with E-state index in [0.29, 0.717) is 17.0 Å². The number of allylic oxidation sites excluding steroid dienone is 2. The van der Waals surface area contributed by atoms with E-state index in [-0.39, 0.29) is 23.9 Å². The van der Waals surface area contributed by atoms with Gasteiger partial charge in [0.1, 0.15) is 47.5 Å². The molecule has 1 unspecified atom stereocenters. The second-order valence-corrected chi connectivity index (χ2v) is 12.7. The number of aliphatic hydroxyl groups excluding tert-OH is 1. The van der Waals surface area contributed by atoms with Crippen LogP contribution in [0.2, 0.25) is 5.02 Å². The number of rotatable bonds is 14. The van der Waals surface area contributed by atoms with Crippen molar-refractivity contribution in [3.63, 3.8) is 0 Å². The molecule has 45 heavy (non-hydrogen) atoms. The Balaban J connectivity index is 1.54. The lowest BCUT2D eigenvalue weighted by Gasteiger charge is -2.33. The van der Waals surface area contributed by atoms with E-state index in [2.05, 4.69) is 15.2 Å². The minimum Gasteiger partial charge on any atom is -0.465 e. The first-order chi connectivity index (χ1) is 21.4. The molecule has 16 heteroatoms. The van der Waals surface area contributed by atoms with Crippen LogP contribution in [0.3, 0.4) is 0 Å². The van der Waals surface area contributed by atoms with Crippen molar-refractivity contribution >= 4 is 36.7 Å². The van der Waals surface area contributed by atoms with Gasteiger partial charge in [-0.25, -0.2) is 14.1 Å². The highest BCUT2D eigenvalue weighted by Gasteiger charge is 2.65. The molecule has 3 heterocycles. The number of nitrogens with zero attached hydrogens (tertiary/aromatic N) is 4. The Bertz CT molecular complexity index is 1610. The minimum atomic E-state index is -4.40. The Morgan fingerprint density at radius 1 is 1.33 bits per heavy atom. The molecule has 3 aromatic rings. The molecule has 0 spiro atoms. The van der Waals surface area contributed by atoms with E-state index >= 15 is 0 Å². The Labute approximate surface area is 265 Å². The van der Waals surface area contributed by atoms with Crippen LogP contribution in [0.1, 0.15) is 45.7 Å². The highest BCUT2D eigenvalue weighted by molar-refractivity contribution is 7.52. The number of carbonyl (C=O) groups is 1. The fraction of sp³-hybridized carbons (Fsp3) is 0.448. The molecule has 14 nitrogen and oxygen atoms in total. The summed E-state index contributed by atoms with van der Waals surface area (Å²) in [6, 6.07) is 9.75. The molecule has 0 bridgehead atoms. The first-order valence-corrected chi connectivity index (χ1v) is 16.2. The van der Waals surface area contributed by atoms with Crippen molar-refractivity contribution in [2.24, 2.45) is 0 Å². The molecule has 242 valence electrons. The van der Waals surface area contributed by atoms with Crippen molar-refractivity contribution < 1.29 is 38.1 Å². The van der Waals surface area contributed by atoms with Gasteiger partial charge in [-0.15, -0.1) is 0 Å². The van der Waals surface area contributed by atoms with Crippen LogP contribution in [0.15, 0.2) is 54.9 Å². The average Bonchev–Trinajstić information content (AvgIpc) is 3.53. The first kappa shape index (κ1) is 34.3. The summed E-state index contributed by atoms with van der Waals surface area (Å²) in [6.07, 6.45) is 4.33. The van der Waals surface area contributed by atoms with Crippen LogP contribution in [0.5, 0.6) is 5.75 Å². The number of esters is 1. The van der Waals surface area contributed by atoms with Crippen molar-refractivity contribution in [1.29, 1.82) is 5.26 Å². The molecule has 1 aliphatic heterocycles. The zero-order chi connectivity index (χ0) is 32.8. The Morgan fingerprint density at radius 3 is 2.76 bits per heavy atom. The molecule has 2 aromatic heterocycles. The number of nitrogen functional groups attached to an aromatic ring is 1. The van der Waals surface area contributed by atoms with Gasteiger partial charge in [0.05, 0.1) is 18.9 Å². The van der Waals surface area contributed by atoms with Crippen LogP contribution >= 0.6 is 19.3 Å². The van der Waals surface area contributed by atoms with Crippen molar-refractivity contribution in [3.05, 3.63) is 65.6 Å². The molecule has 0 radical (unpaired) electrons. The Morgan fingerprint density at radius 2 is 2.07 bits per heavy atom. The summed E-state index contributed by atoms with van der Waals surface area (Å²) in [5, 5.41) is 40.0. The van der Waals surface area contributed by atoms with Gasteiger partial charge in [-0.05, 0) is 69.5 Å². The molecule has 1 fully saturated rings. The number of ether oxygens (including phenoxy) is 2. The number of aromatic nitrogens is 3. The van der Waals surface area contributed by atoms with Gasteiger partial charge in [0.15, 0.2) is 5.82 Å². The summed E-state index contributed by atoms with van der Waals surface area (Å²) in [4.78, 5) is 16.6. The van der Waals surface area contributed by atoms with Gasteiger partial charge in [0.2, 0.25) is 5.60 Å². The van der Waals surface area contributed by atoms with Gasteiger partial charge in [0, 0.05) is 5.02 Å². The maximum absolute atomic E-state index is 14.0. The predicted octanol–water partition coefficient (Wildman–Crippen LogP) is 3.67. The number of hydrogen-bond acceptors (Lipinski definition) is 12. The lowest BCUT2D eigenvalue weighted by Crippen LogP contribution is -2.52. The van der Waals surface area contributed by atoms with E-state index in [1.54, 1.807) is 6.07 Å². The number of nitrogens with two attached hydrogens (primary N) is 1. The van der Waals surface area contributed by atoms with Gasteiger partial charge in [-0.2, -0.15) is 15.4 Å². The molecule has 4 rings (SSSR count). The van der Waals surface area contributed by atoms with Crippen molar-refractivity contribution in [2.75, 3.05) is 18.9 Å². The number of hydrogen-bond donors (Lipinski definition) is 4. The van der Waals surface area contributed by atoms with Gasteiger partial charge in [-0.1, -0.05) is 30.7 Å². The molecule has 0 aliphatic carbocycles. The van der Waals surface area contributed by atoms with Gasteiger partial charge in [-0.3, -0.25) is 9.32 Å². The number of nitriles is 1. The van der Waals surface area contributed by atoms with E-state index in [0.717, 1.165) is 12.8 Å².